The Morgan fingerprint density at radius 3 is 2.67 bits per heavy atom. The van der Waals surface area contributed by atoms with E-state index in [1.54, 1.807) is 6.92 Å². The molecule has 0 aliphatic heterocycles. The highest BCUT2D eigenvalue weighted by Crippen LogP contribution is 2.29. The number of carbonyl (C=O) groups excluding carboxylic acids is 1. The molecule has 1 aromatic carbocycles. The van der Waals surface area contributed by atoms with Crippen molar-refractivity contribution in [3.05, 3.63) is 27.7 Å². The van der Waals surface area contributed by atoms with Crippen molar-refractivity contribution in [3.8, 4) is 0 Å². The molecule has 0 saturated heterocycles. The van der Waals surface area contributed by atoms with Crippen molar-refractivity contribution in [1.82, 2.24) is 0 Å². The van der Waals surface area contributed by atoms with Crippen molar-refractivity contribution in [1.29, 1.82) is 0 Å². The van der Waals surface area contributed by atoms with E-state index in [9.17, 15) is 13.6 Å². The van der Waals surface area contributed by atoms with E-state index >= 15 is 0 Å². The molecule has 0 radical (unpaired) electrons. The van der Waals surface area contributed by atoms with Crippen LogP contribution in [0, 0.1) is 11.6 Å². The zero-order valence-electron chi connectivity index (χ0n) is 7.81. The number of hydrogen-bond donors (Lipinski definition) is 1. The maximum Gasteiger partial charge on any atom is 0.343 e. The lowest BCUT2D eigenvalue weighted by molar-refractivity contribution is 0.0522. The minimum absolute atomic E-state index is 0.0900. The number of carbonyl (C=O) groups is 1. The molecule has 0 atom stereocenters. The smallest absolute Gasteiger partial charge is 0.343 e. The van der Waals surface area contributed by atoms with Gasteiger partial charge in [-0.1, -0.05) is 0 Å². The van der Waals surface area contributed by atoms with Gasteiger partial charge in [0.1, 0.15) is 17.2 Å². The molecule has 0 bridgehead atoms. The van der Waals surface area contributed by atoms with E-state index in [-0.39, 0.29) is 16.8 Å². The molecule has 0 amide bonds. The first-order chi connectivity index (χ1) is 6.99. The second-order valence-electron chi connectivity index (χ2n) is 2.66. The number of benzene rings is 1. The van der Waals surface area contributed by atoms with Crippen LogP contribution in [0.15, 0.2) is 10.5 Å². The number of halogens is 3. The third kappa shape index (κ3) is 2.26. The summed E-state index contributed by atoms with van der Waals surface area (Å²) < 4.78 is 30.6. The van der Waals surface area contributed by atoms with Gasteiger partial charge in [0.15, 0.2) is 0 Å². The quantitative estimate of drug-likeness (QED) is 0.514. The fourth-order valence-corrected chi connectivity index (χ4v) is 1.34. The third-order valence-electron chi connectivity index (χ3n) is 1.69. The first-order valence-electron chi connectivity index (χ1n) is 4.09. The van der Waals surface area contributed by atoms with E-state index < -0.39 is 23.2 Å². The summed E-state index contributed by atoms with van der Waals surface area (Å²) in [5.74, 6) is -2.81. The van der Waals surface area contributed by atoms with Gasteiger partial charge in [-0.15, -0.1) is 0 Å². The highest BCUT2D eigenvalue weighted by atomic mass is 79.9. The molecule has 6 heteroatoms. The number of ether oxygens (including phenoxy) is 1. The normalized spacial score (nSPS) is 10.1. The molecule has 1 rings (SSSR count). The van der Waals surface area contributed by atoms with Crippen molar-refractivity contribution in [2.24, 2.45) is 0 Å². The second-order valence-corrected chi connectivity index (χ2v) is 3.46. The molecule has 0 saturated carbocycles. The second kappa shape index (κ2) is 4.57. The molecule has 3 nitrogen and oxygen atoms in total. The zero-order valence-corrected chi connectivity index (χ0v) is 9.40. The van der Waals surface area contributed by atoms with Gasteiger partial charge in [0.25, 0.3) is 0 Å². The Morgan fingerprint density at radius 1 is 1.53 bits per heavy atom. The van der Waals surface area contributed by atoms with Crippen LogP contribution in [0.3, 0.4) is 0 Å². The van der Waals surface area contributed by atoms with Crippen molar-refractivity contribution in [2.45, 2.75) is 6.92 Å². The summed E-state index contributed by atoms with van der Waals surface area (Å²) in [5.41, 5.74) is 4.63. The van der Waals surface area contributed by atoms with Gasteiger partial charge in [0.2, 0.25) is 0 Å². The van der Waals surface area contributed by atoms with Gasteiger partial charge in [-0.2, -0.15) is 0 Å². The number of hydrogen-bond acceptors (Lipinski definition) is 3. The first kappa shape index (κ1) is 11.9. The third-order valence-corrected chi connectivity index (χ3v) is 2.49. The van der Waals surface area contributed by atoms with Crippen LogP contribution in [-0.2, 0) is 4.74 Å². The molecule has 0 aliphatic carbocycles. The van der Waals surface area contributed by atoms with Crippen molar-refractivity contribution in [2.75, 3.05) is 12.3 Å². The maximum absolute atomic E-state index is 13.2. The van der Waals surface area contributed by atoms with Crippen LogP contribution in [0.5, 0.6) is 0 Å². The average molecular weight is 280 g/mol. The van der Waals surface area contributed by atoms with Gasteiger partial charge in [-0.05, 0) is 22.9 Å². The Morgan fingerprint density at radius 2 is 2.13 bits per heavy atom. The van der Waals surface area contributed by atoms with Gasteiger partial charge >= 0.3 is 5.97 Å². The summed E-state index contributed by atoms with van der Waals surface area (Å²) in [7, 11) is 0. The largest absolute Gasteiger partial charge is 0.462 e. The molecule has 0 fully saturated rings. The fourth-order valence-electron chi connectivity index (χ4n) is 1.02. The molecule has 0 aromatic heterocycles. The van der Waals surface area contributed by atoms with E-state index in [1.807, 2.05) is 0 Å². The van der Waals surface area contributed by atoms with Crippen LogP contribution < -0.4 is 5.73 Å². The summed E-state index contributed by atoms with van der Waals surface area (Å²) in [6, 6.07) is 0.576. The number of esters is 1. The lowest BCUT2D eigenvalue weighted by atomic mass is 10.1. The fraction of sp³-hybridized carbons (Fsp3) is 0.222. The highest BCUT2D eigenvalue weighted by Gasteiger charge is 2.21. The highest BCUT2D eigenvalue weighted by molar-refractivity contribution is 9.10. The molecule has 1 aromatic rings. The van der Waals surface area contributed by atoms with Crippen LogP contribution in [-0.4, -0.2) is 12.6 Å². The Kier molecular flexibility index (Phi) is 3.62. The molecule has 2 N–H and O–H groups in total. The average Bonchev–Trinajstić information content (AvgIpc) is 2.15. The Bertz CT molecular complexity index is 410. The number of rotatable bonds is 2. The van der Waals surface area contributed by atoms with Gasteiger partial charge in [0, 0.05) is 6.07 Å². The van der Waals surface area contributed by atoms with E-state index in [0.29, 0.717) is 6.07 Å². The van der Waals surface area contributed by atoms with E-state index in [1.165, 1.54) is 0 Å². The van der Waals surface area contributed by atoms with Gasteiger partial charge in [-0.3, -0.25) is 0 Å². The van der Waals surface area contributed by atoms with E-state index in [2.05, 4.69) is 20.7 Å². The van der Waals surface area contributed by atoms with Crippen LogP contribution in [0.2, 0.25) is 0 Å². The van der Waals surface area contributed by atoms with Crippen molar-refractivity contribution in [3.63, 3.8) is 0 Å². The molecule has 0 spiro atoms. The lowest BCUT2D eigenvalue weighted by Crippen LogP contribution is -2.12. The number of nitrogen functional groups attached to an aromatic ring is 1. The van der Waals surface area contributed by atoms with E-state index in [0.717, 1.165) is 0 Å². The predicted octanol–water partition coefficient (Wildman–Crippen LogP) is 2.49. The summed E-state index contributed by atoms with van der Waals surface area (Å²) in [5, 5.41) is 0. The molecular weight excluding hydrogens is 272 g/mol. The first-order valence-corrected chi connectivity index (χ1v) is 4.88. The van der Waals surface area contributed by atoms with Crippen molar-refractivity contribution >= 4 is 27.6 Å². The standard InChI is InChI=1S/C9H8BrF2NO2/c1-2-15-9(14)6-4(11)3-5(12)7(10)8(6)13/h3H,2,13H2,1H3. The van der Waals surface area contributed by atoms with Crippen LogP contribution in [0.4, 0.5) is 14.5 Å². The van der Waals surface area contributed by atoms with Gasteiger partial charge in [0.05, 0.1) is 16.8 Å². The maximum atomic E-state index is 13.2. The minimum atomic E-state index is -1.04. The minimum Gasteiger partial charge on any atom is -0.462 e. The molecule has 0 aliphatic rings. The molecular formula is C9H8BrF2NO2. The molecule has 15 heavy (non-hydrogen) atoms. The number of nitrogens with two attached hydrogens (primary N) is 1. The zero-order chi connectivity index (χ0) is 11.6. The monoisotopic (exact) mass is 279 g/mol. The molecule has 0 heterocycles. The molecule has 0 unspecified atom stereocenters. The SMILES string of the molecule is CCOC(=O)c1c(F)cc(F)c(Br)c1N. The Hall–Kier alpha value is -1.17. The lowest BCUT2D eigenvalue weighted by Gasteiger charge is -2.08. The van der Waals surface area contributed by atoms with Crippen LogP contribution in [0.1, 0.15) is 17.3 Å². The van der Waals surface area contributed by atoms with Gasteiger partial charge < -0.3 is 10.5 Å². The summed E-state index contributed by atoms with van der Waals surface area (Å²) >= 11 is 2.81. The topological polar surface area (TPSA) is 52.3 Å². The Balaban J connectivity index is 3.29. The van der Waals surface area contributed by atoms with Gasteiger partial charge in [-0.25, -0.2) is 13.6 Å². The van der Waals surface area contributed by atoms with Crippen LogP contribution in [0.25, 0.3) is 0 Å². The predicted molar refractivity (Wildman–Crippen MR) is 54.4 cm³/mol. The van der Waals surface area contributed by atoms with Crippen LogP contribution >= 0.6 is 15.9 Å². The summed E-state index contributed by atoms with van der Waals surface area (Å²) in [4.78, 5) is 11.3. The summed E-state index contributed by atoms with van der Waals surface area (Å²) in [6.45, 7) is 1.66. The van der Waals surface area contributed by atoms with Crippen molar-refractivity contribution < 1.29 is 18.3 Å². The van der Waals surface area contributed by atoms with E-state index in [4.69, 9.17) is 5.73 Å². The summed E-state index contributed by atoms with van der Waals surface area (Å²) in [6.07, 6.45) is 0. The Labute approximate surface area is 93.3 Å². The molecule has 82 valence electrons. The number of anilines is 1.